The first-order chi connectivity index (χ1) is 9.29. The maximum Gasteiger partial charge on any atom is 0.186 e. The molecule has 100 valence electrons. The summed E-state index contributed by atoms with van der Waals surface area (Å²) >= 11 is 1.49. The second kappa shape index (κ2) is 7.07. The normalized spacial score (nSPS) is 10.4. The molecule has 19 heavy (non-hydrogen) atoms. The summed E-state index contributed by atoms with van der Waals surface area (Å²) in [6.07, 6.45) is 0.904. The largest absolute Gasteiger partial charge is 0.497 e. The van der Waals surface area contributed by atoms with Crippen LogP contribution in [0.5, 0.6) is 5.75 Å². The highest BCUT2D eigenvalue weighted by Crippen LogP contribution is 2.11. The molecule has 0 atom stereocenters. The lowest BCUT2D eigenvalue weighted by Crippen LogP contribution is -2.24. The Bertz CT molecular complexity index is 505. The summed E-state index contributed by atoms with van der Waals surface area (Å²) in [5, 5.41) is 5.10. The van der Waals surface area contributed by atoms with Gasteiger partial charge >= 0.3 is 0 Å². The van der Waals surface area contributed by atoms with Gasteiger partial charge in [-0.25, -0.2) is 0 Å². The molecule has 0 aliphatic heterocycles. The third kappa shape index (κ3) is 4.19. The van der Waals surface area contributed by atoms with Gasteiger partial charge in [0.15, 0.2) is 5.78 Å². The third-order valence-electron chi connectivity index (χ3n) is 2.83. The summed E-state index contributed by atoms with van der Waals surface area (Å²) in [5.41, 5.74) is 1.23. The molecule has 0 aliphatic rings. The van der Waals surface area contributed by atoms with Gasteiger partial charge < -0.3 is 10.1 Å². The smallest absolute Gasteiger partial charge is 0.186 e. The molecule has 0 bridgehead atoms. The molecule has 0 amide bonds. The first-order valence-corrected chi connectivity index (χ1v) is 7.08. The summed E-state index contributed by atoms with van der Waals surface area (Å²) in [6.45, 7) is 1.19. The lowest BCUT2D eigenvalue weighted by atomic mass is 10.1. The molecule has 0 fully saturated rings. The number of hydrogen-bond acceptors (Lipinski definition) is 4. The van der Waals surface area contributed by atoms with Gasteiger partial charge in [0, 0.05) is 0 Å². The molecule has 3 nitrogen and oxygen atoms in total. The number of benzene rings is 1. The predicted molar refractivity (Wildman–Crippen MR) is 78.2 cm³/mol. The highest BCUT2D eigenvalue weighted by Gasteiger charge is 2.05. The number of Topliss-reactive ketones (excluding diaryl/α,β-unsaturated/α-hetero) is 1. The zero-order valence-electron chi connectivity index (χ0n) is 10.9. The van der Waals surface area contributed by atoms with Crippen molar-refractivity contribution in [2.24, 2.45) is 0 Å². The van der Waals surface area contributed by atoms with Crippen LogP contribution in [0.4, 0.5) is 0 Å². The number of methoxy groups -OCH3 is 1. The first kappa shape index (κ1) is 13.8. The van der Waals surface area contributed by atoms with Crippen molar-refractivity contribution < 1.29 is 9.53 Å². The van der Waals surface area contributed by atoms with Crippen molar-refractivity contribution in [3.05, 3.63) is 52.2 Å². The van der Waals surface area contributed by atoms with Gasteiger partial charge in [0.25, 0.3) is 0 Å². The van der Waals surface area contributed by atoms with Crippen molar-refractivity contribution >= 4 is 17.1 Å². The number of ether oxygens (including phenoxy) is 1. The van der Waals surface area contributed by atoms with Crippen LogP contribution < -0.4 is 10.1 Å². The summed E-state index contributed by atoms with van der Waals surface area (Å²) < 4.78 is 5.11. The molecule has 2 aromatic rings. The predicted octanol–water partition coefficient (Wildman–Crippen LogP) is 2.77. The van der Waals surface area contributed by atoms with E-state index in [0.717, 1.165) is 23.6 Å². The van der Waals surface area contributed by atoms with Gasteiger partial charge in [0.05, 0.1) is 18.5 Å². The van der Waals surface area contributed by atoms with Gasteiger partial charge in [-0.1, -0.05) is 18.2 Å². The maximum atomic E-state index is 11.7. The van der Waals surface area contributed by atoms with Crippen molar-refractivity contribution in [3.63, 3.8) is 0 Å². The Labute approximate surface area is 117 Å². The number of ketones is 1. The number of hydrogen-bond donors (Lipinski definition) is 1. The molecule has 1 aromatic heterocycles. The van der Waals surface area contributed by atoms with Crippen LogP contribution in [0.25, 0.3) is 0 Å². The third-order valence-corrected chi connectivity index (χ3v) is 3.74. The standard InChI is InChI=1S/C15H17NO2S/c1-18-13-6-4-12(5-7-13)8-9-16-11-14(17)15-3-2-10-19-15/h2-7,10,16H,8-9,11H2,1H3. The van der Waals surface area contributed by atoms with E-state index in [-0.39, 0.29) is 5.78 Å². The number of carbonyl (C=O) groups excluding carboxylic acids is 1. The summed E-state index contributed by atoms with van der Waals surface area (Å²) in [5.74, 6) is 1.02. The van der Waals surface area contributed by atoms with E-state index < -0.39 is 0 Å². The van der Waals surface area contributed by atoms with Crippen molar-refractivity contribution in [1.82, 2.24) is 5.32 Å². The quantitative estimate of drug-likeness (QED) is 0.624. The molecule has 0 aliphatic carbocycles. The number of rotatable bonds is 7. The lowest BCUT2D eigenvalue weighted by Gasteiger charge is -2.05. The minimum Gasteiger partial charge on any atom is -0.497 e. The molecule has 0 radical (unpaired) electrons. The Hall–Kier alpha value is -1.65. The second-order valence-electron chi connectivity index (χ2n) is 4.18. The number of carbonyl (C=O) groups is 1. The average Bonchev–Trinajstić information content (AvgIpc) is 2.98. The van der Waals surface area contributed by atoms with Crippen molar-refractivity contribution in [2.75, 3.05) is 20.2 Å². The second-order valence-corrected chi connectivity index (χ2v) is 5.12. The zero-order valence-corrected chi connectivity index (χ0v) is 11.7. The molecule has 0 saturated heterocycles. The molecule has 1 heterocycles. The van der Waals surface area contributed by atoms with E-state index in [1.807, 2.05) is 41.8 Å². The summed E-state index contributed by atoms with van der Waals surface area (Å²) in [6, 6.07) is 11.7. The Morgan fingerprint density at radius 1 is 1.26 bits per heavy atom. The van der Waals surface area contributed by atoms with Crippen LogP contribution in [0, 0.1) is 0 Å². The Morgan fingerprint density at radius 3 is 2.68 bits per heavy atom. The van der Waals surface area contributed by atoms with Gasteiger partial charge in [0.1, 0.15) is 5.75 Å². The van der Waals surface area contributed by atoms with Crippen molar-refractivity contribution in [2.45, 2.75) is 6.42 Å². The van der Waals surface area contributed by atoms with E-state index in [9.17, 15) is 4.79 Å². The van der Waals surface area contributed by atoms with Crippen molar-refractivity contribution in [3.8, 4) is 5.75 Å². The van der Waals surface area contributed by atoms with E-state index >= 15 is 0 Å². The molecule has 2 rings (SSSR count). The van der Waals surface area contributed by atoms with Crippen molar-refractivity contribution in [1.29, 1.82) is 0 Å². The Kier molecular flexibility index (Phi) is 5.12. The Balaban J connectivity index is 1.70. The van der Waals surface area contributed by atoms with E-state index in [0.29, 0.717) is 6.54 Å². The number of thiophene rings is 1. The summed E-state index contributed by atoms with van der Waals surface area (Å²) in [4.78, 5) is 12.5. The molecule has 0 spiro atoms. The maximum absolute atomic E-state index is 11.7. The minimum absolute atomic E-state index is 0.157. The van der Waals surface area contributed by atoms with Crippen LogP contribution >= 0.6 is 11.3 Å². The number of nitrogens with one attached hydrogen (secondary N) is 1. The first-order valence-electron chi connectivity index (χ1n) is 6.20. The van der Waals surface area contributed by atoms with Crippen LogP contribution in [-0.4, -0.2) is 26.0 Å². The van der Waals surface area contributed by atoms with Crippen LogP contribution in [0.15, 0.2) is 41.8 Å². The van der Waals surface area contributed by atoms with Gasteiger partial charge in [-0.15, -0.1) is 11.3 Å². The Morgan fingerprint density at radius 2 is 2.05 bits per heavy atom. The SMILES string of the molecule is COc1ccc(CCNCC(=O)c2cccs2)cc1. The fourth-order valence-electron chi connectivity index (χ4n) is 1.75. The van der Waals surface area contributed by atoms with E-state index in [4.69, 9.17) is 4.74 Å². The molecule has 4 heteroatoms. The topological polar surface area (TPSA) is 38.3 Å². The molecular weight excluding hydrogens is 258 g/mol. The van der Waals surface area contributed by atoms with Crippen LogP contribution in [0.1, 0.15) is 15.2 Å². The zero-order chi connectivity index (χ0) is 13.5. The van der Waals surface area contributed by atoms with Gasteiger partial charge in [-0.05, 0) is 42.1 Å². The minimum atomic E-state index is 0.157. The van der Waals surface area contributed by atoms with Gasteiger partial charge in [0.2, 0.25) is 0 Å². The van der Waals surface area contributed by atoms with E-state index in [1.54, 1.807) is 7.11 Å². The summed E-state index contributed by atoms with van der Waals surface area (Å²) in [7, 11) is 1.66. The average molecular weight is 275 g/mol. The molecule has 0 unspecified atom stereocenters. The molecule has 0 saturated carbocycles. The van der Waals surface area contributed by atoms with Crippen LogP contribution in [0.2, 0.25) is 0 Å². The van der Waals surface area contributed by atoms with Crippen LogP contribution in [0.3, 0.4) is 0 Å². The molecule has 1 aromatic carbocycles. The fraction of sp³-hybridized carbons (Fsp3) is 0.267. The highest BCUT2D eigenvalue weighted by molar-refractivity contribution is 7.12. The fourth-order valence-corrected chi connectivity index (χ4v) is 2.42. The monoisotopic (exact) mass is 275 g/mol. The molecule has 1 N–H and O–H groups in total. The van der Waals surface area contributed by atoms with Gasteiger partial charge in [-0.2, -0.15) is 0 Å². The van der Waals surface area contributed by atoms with E-state index in [2.05, 4.69) is 5.32 Å². The highest BCUT2D eigenvalue weighted by atomic mass is 32.1. The molecular formula is C15H17NO2S. The van der Waals surface area contributed by atoms with E-state index in [1.165, 1.54) is 16.9 Å². The van der Waals surface area contributed by atoms with Crippen LogP contribution in [-0.2, 0) is 6.42 Å². The van der Waals surface area contributed by atoms with Gasteiger partial charge in [-0.3, -0.25) is 4.79 Å². The lowest BCUT2D eigenvalue weighted by molar-refractivity contribution is 0.0995.